The van der Waals surface area contributed by atoms with E-state index in [-0.39, 0.29) is 0 Å². The molecule has 0 saturated carbocycles. The Balaban J connectivity index is 2.18. The molecule has 0 unspecified atom stereocenters. The quantitative estimate of drug-likeness (QED) is 0.887. The Morgan fingerprint density at radius 1 is 1.30 bits per heavy atom. The molecule has 0 aliphatic rings. The van der Waals surface area contributed by atoms with Gasteiger partial charge in [-0.25, -0.2) is 0 Å². The molecule has 20 heavy (non-hydrogen) atoms. The highest BCUT2D eigenvalue weighted by Crippen LogP contribution is 2.34. The van der Waals surface area contributed by atoms with Gasteiger partial charge in [0.05, 0.1) is 0 Å². The molecular formula is C14H20N4S2. The van der Waals surface area contributed by atoms with Gasteiger partial charge in [0, 0.05) is 25.5 Å². The minimum atomic E-state index is 0.889. The van der Waals surface area contributed by atoms with Crippen molar-refractivity contribution in [2.75, 3.05) is 25.5 Å². The summed E-state index contributed by atoms with van der Waals surface area (Å²) in [7, 11) is 3.97. The predicted octanol–water partition coefficient (Wildman–Crippen LogP) is 3.17. The zero-order chi connectivity index (χ0) is 14.5. The molecule has 2 rings (SSSR count). The van der Waals surface area contributed by atoms with Crippen molar-refractivity contribution in [2.24, 2.45) is 0 Å². The maximum absolute atomic E-state index is 4.25. The zero-order valence-corrected chi connectivity index (χ0v) is 13.9. The van der Waals surface area contributed by atoms with E-state index in [0.717, 1.165) is 22.6 Å². The van der Waals surface area contributed by atoms with E-state index in [1.54, 1.807) is 23.1 Å². The molecule has 0 saturated heterocycles. The van der Waals surface area contributed by atoms with Crippen LogP contribution in [0.2, 0.25) is 0 Å². The third kappa shape index (κ3) is 3.94. The molecule has 0 spiro atoms. The van der Waals surface area contributed by atoms with Crippen LogP contribution in [0.3, 0.4) is 0 Å². The fourth-order valence-corrected chi connectivity index (χ4v) is 3.55. The lowest BCUT2D eigenvalue weighted by Gasteiger charge is -2.09. The van der Waals surface area contributed by atoms with Crippen LogP contribution in [0.4, 0.5) is 5.13 Å². The number of nitrogens with zero attached hydrogens (tertiary/aromatic N) is 3. The number of anilines is 1. The molecule has 4 nitrogen and oxygen atoms in total. The molecule has 0 atom stereocenters. The molecule has 1 N–H and O–H groups in total. The van der Waals surface area contributed by atoms with Crippen LogP contribution in [0.25, 0.3) is 0 Å². The van der Waals surface area contributed by atoms with Crippen LogP contribution < -0.4 is 10.2 Å². The summed E-state index contributed by atoms with van der Waals surface area (Å²) in [5.41, 5.74) is 2.60. The van der Waals surface area contributed by atoms with E-state index in [1.165, 1.54) is 16.0 Å². The van der Waals surface area contributed by atoms with E-state index in [4.69, 9.17) is 0 Å². The van der Waals surface area contributed by atoms with E-state index in [0.29, 0.717) is 0 Å². The van der Waals surface area contributed by atoms with Gasteiger partial charge >= 0.3 is 0 Å². The van der Waals surface area contributed by atoms with Crippen molar-refractivity contribution in [2.45, 2.75) is 29.6 Å². The molecule has 0 radical (unpaired) electrons. The minimum absolute atomic E-state index is 0.889. The van der Waals surface area contributed by atoms with Gasteiger partial charge in [-0.15, -0.1) is 10.2 Å². The monoisotopic (exact) mass is 308 g/mol. The second-order valence-electron chi connectivity index (χ2n) is 4.74. The number of benzene rings is 1. The molecular weight excluding hydrogens is 288 g/mol. The van der Waals surface area contributed by atoms with Gasteiger partial charge in [0.25, 0.3) is 0 Å². The largest absolute Gasteiger partial charge is 0.353 e. The lowest BCUT2D eigenvalue weighted by atomic mass is 10.1. The number of nitrogens with one attached hydrogen (secondary N) is 1. The van der Waals surface area contributed by atoms with Crippen LogP contribution in [0.15, 0.2) is 27.4 Å². The maximum Gasteiger partial charge on any atom is 0.208 e. The van der Waals surface area contributed by atoms with Crippen molar-refractivity contribution in [3.63, 3.8) is 0 Å². The molecule has 0 amide bonds. The first-order chi connectivity index (χ1) is 9.60. The predicted molar refractivity (Wildman–Crippen MR) is 86.9 cm³/mol. The van der Waals surface area contributed by atoms with E-state index < -0.39 is 0 Å². The van der Waals surface area contributed by atoms with Gasteiger partial charge in [-0.3, -0.25) is 0 Å². The van der Waals surface area contributed by atoms with E-state index in [2.05, 4.69) is 47.6 Å². The molecule has 6 heteroatoms. The van der Waals surface area contributed by atoms with Crippen LogP contribution in [-0.2, 0) is 6.54 Å². The molecule has 0 aliphatic heterocycles. The molecule has 2 aromatic rings. The van der Waals surface area contributed by atoms with Gasteiger partial charge in [0.2, 0.25) is 5.13 Å². The Bertz CT molecular complexity index is 566. The minimum Gasteiger partial charge on any atom is -0.353 e. The van der Waals surface area contributed by atoms with Crippen LogP contribution >= 0.6 is 23.1 Å². The molecule has 0 bridgehead atoms. The second-order valence-corrected chi connectivity index (χ2v) is 6.98. The van der Waals surface area contributed by atoms with Crippen LogP contribution in [0.1, 0.15) is 18.1 Å². The van der Waals surface area contributed by atoms with Gasteiger partial charge < -0.3 is 10.2 Å². The Kier molecular flexibility index (Phi) is 5.39. The summed E-state index contributed by atoms with van der Waals surface area (Å²) < 4.78 is 0.982. The van der Waals surface area contributed by atoms with Gasteiger partial charge in [-0.05, 0) is 25.1 Å². The first kappa shape index (κ1) is 15.3. The fourth-order valence-electron chi connectivity index (χ4n) is 1.72. The van der Waals surface area contributed by atoms with E-state index in [9.17, 15) is 0 Å². The Labute approximate surface area is 128 Å². The highest BCUT2D eigenvalue weighted by Gasteiger charge is 2.10. The van der Waals surface area contributed by atoms with Crippen molar-refractivity contribution in [1.29, 1.82) is 0 Å². The van der Waals surface area contributed by atoms with Crippen LogP contribution in [0.5, 0.6) is 0 Å². The normalized spacial score (nSPS) is 10.8. The number of aryl methyl sites for hydroxylation is 1. The highest BCUT2D eigenvalue weighted by molar-refractivity contribution is 8.01. The van der Waals surface area contributed by atoms with Crippen LogP contribution in [0, 0.1) is 6.92 Å². The molecule has 1 aromatic carbocycles. The second kappa shape index (κ2) is 7.06. The molecule has 1 heterocycles. The smallest absolute Gasteiger partial charge is 0.208 e. The van der Waals surface area contributed by atoms with Crippen molar-refractivity contribution in [3.05, 3.63) is 29.3 Å². The number of hydrogen-bond donors (Lipinski definition) is 1. The first-order valence-corrected chi connectivity index (χ1v) is 8.22. The Morgan fingerprint density at radius 2 is 2.10 bits per heavy atom. The fraction of sp³-hybridized carbons (Fsp3) is 0.429. The molecule has 108 valence electrons. The highest BCUT2D eigenvalue weighted by atomic mass is 32.2. The van der Waals surface area contributed by atoms with Crippen molar-refractivity contribution < 1.29 is 0 Å². The molecule has 0 fully saturated rings. The summed E-state index contributed by atoms with van der Waals surface area (Å²) in [6, 6.07) is 6.55. The number of hydrogen-bond acceptors (Lipinski definition) is 6. The van der Waals surface area contributed by atoms with Gasteiger partial charge in [-0.1, -0.05) is 47.7 Å². The van der Waals surface area contributed by atoms with Gasteiger partial charge in [-0.2, -0.15) is 0 Å². The number of aromatic nitrogens is 2. The average Bonchev–Trinajstić information content (AvgIpc) is 2.88. The zero-order valence-electron chi connectivity index (χ0n) is 12.3. The summed E-state index contributed by atoms with van der Waals surface area (Å²) in [6.45, 7) is 6.11. The molecule has 1 aromatic heterocycles. The summed E-state index contributed by atoms with van der Waals surface area (Å²) in [5.74, 6) is 0. The van der Waals surface area contributed by atoms with E-state index in [1.807, 2.05) is 19.0 Å². The lowest BCUT2D eigenvalue weighted by molar-refractivity contribution is 0.717. The first-order valence-electron chi connectivity index (χ1n) is 6.59. The summed E-state index contributed by atoms with van der Waals surface area (Å²) in [6.07, 6.45) is 0. The topological polar surface area (TPSA) is 41.1 Å². The van der Waals surface area contributed by atoms with E-state index >= 15 is 0 Å². The van der Waals surface area contributed by atoms with Gasteiger partial charge in [0.1, 0.15) is 0 Å². The number of rotatable bonds is 6. The third-order valence-electron chi connectivity index (χ3n) is 2.76. The summed E-state index contributed by atoms with van der Waals surface area (Å²) >= 11 is 3.31. The lowest BCUT2D eigenvalue weighted by Crippen LogP contribution is -2.12. The standard InChI is InChI=1S/C14H20N4S2/c1-5-15-9-11-8-10(2)6-7-12(11)19-14-17-16-13(20-14)18(3)4/h6-8,15H,5,9H2,1-4H3. The summed E-state index contributed by atoms with van der Waals surface area (Å²) in [4.78, 5) is 3.23. The van der Waals surface area contributed by atoms with Gasteiger partial charge in [0.15, 0.2) is 4.34 Å². The summed E-state index contributed by atoms with van der Waals surface area (Å²) in [5, 5.41) is 12.8. The SMILES string of the molecule is CCNCc1cc(C)ccc1Sc1nnc(N(C)C)s1. The average molecular weight is 308 g/mol. The molecule has 0 aliphatic carbocycles. The van der Waals surface area contributed by atoms with Crippen molar-refractivity contribution in [1.82, 2.24) is 15.5 Å². The third-order valence-corrected chi connectivity index (χ3v) is 5.02. The van der Waals surface area contributed by atoms with Crippen LogP contribution in [-0.4, -0.2) is 30.8 Å². The van der Waals surface area contributed by atoms with Crippen molar-refractivity contribution >= 4 is 28.2 Å². The Hall–Kier alpha value is -1.11. The Morgan fingerprint density at radius 3 is 2.75 bits per heavy atom. The van der Waals surface area contributed by atoms with Crippen molar-refractivity contribution in [3.8, 4) is 0 Å². The maximum atomic E-state index is 4.25.